The molecule has 0 saturated carbocycles. The lowest BCUT2D eigenvalue weighted by Crippen LogP contribution is -2.36. The maximum Gasteiger partial charge on any atom is 0.142 e. The maximum atomic E-state index is 5.99. The van der Waals surface area contributed by atoms with Crippen molar-refractivity contribution in [1.29, 1.82) is 0 Å². The molecule has 2 aliphatic heterocycles. The van der Waals surface area contributed by atoms with Crippen LogP contribution >= 0.6 is 0 Å². The fraction of sp³-hybridized carbons (Fsp3) is 0.378. The lowest BCUT2D eigenvalue weighted by atomic mass is 9.94. The number of hydrogen-bond acceptors (Lipinski definition) is 6. The Balaban J connectivity index is 1.07. The van der Waals surface area contributed by atoms with Gasteiger partial charge in [-0.05, 0) is 69.4 Å². The molecule has 4 aromatic rings. The van der Waals surface area contributed by atoms with Crippen molar-refractivity contribution < 1.29 is 4.84 Å². The van der Waals surface area contributed by atoms with Crippen molar-refractivity contribution in [2.45, 2.75) is 66.0 Å². The largest absolute Gasteiger partial charge is 0.391 e. The van der Waals surface area contributed by atoms with E-state index >= 15 is 0 Å². The van der Waals surface area contributed by atoms with Gasteiger partial charge in [0, 0.05) is 61.5 Å². The van der Waals surface area contributed by atoms with Gasteiger partial charge in [0.05, 0.1) is 29.3 Å². The molecule has 2 aromatic carbocycles. The summed E-state index contributed by atoms with van der Waals surface area (Å²) in [6.07, 6.45) is 4.03. The molecule has 1 atom stereocenters. The lowest BCUT2D eigenvalue weighted by molar-refractivity contribution is 0.0759. The fourth-order valence-corrected chi connectivity index (χ4v) is 6.21. The van der Waals surface area contributed by atoms with Crippen molar-refractivity contribution in [3.05, 3.63) is 101 Å². The minimum absolute atomic E-state index is 0.00525. The van der Waals surface area contributed by atoms with Crippen LogP contribution in [0.2, 0.25) is 0 Å². The van der Waals surface area contributed by atoms with Crippen LogP contribution in [0.3, 0.4) is 0 Å². The van der Waals surface area contributed by atoms with Gasteiger partial charge in [0.1, 0.15) is 6.10 Å². The van der Waals surface area contributed by atoms with Gasteiger partial charge in [-0.2, -0.15) is 0 Å². The van der Waals surface area contributed by atoms with Crippen LogP contribution < -0.4 is 4.90 Å². The first-order chi connectivity index (χ1) is 20.9. The topological polar surface area (TPSA) is 53.9 Å². The second-order valence-electron chi connectivity index (χ2n) is 12.1. The zero-order valence-electron chi connectivity index (χ0n) is 26.0. The van der Waals surface area contributed by atoms with E-state index in [-0.39, 0.29) is 6.10 Å². The van der Waals surface area contributed by atoms with Crippen molar-refractivity contribution in [3.8, 4) is 22.4 Å². The first-order valence-corrected chi connectivity index (χ1v) is 15.7. The molecule has 0 radical (unpaired) electrons. The Morgan fingerprint density at radius 3 is 2.42 bits per heavy atom. The highest BCUT2D eigenvalue weighted by Gasteiger charge is 2.23. The monoisotopic (exact) mass is 573 g/mol. The van der Waals surface area contributed by atoms with Gasteiger partial charge in [0.25, 0.3) is 0 Å². The van der Waals surface area contributed by atoms with Crippen LogP contribution in [0.1, 0.15) is 54.9 Å². The number of rotatable bonds is 9. The third kappa shape index (κ3) is 6.80. The van der Waals surface area contributed by atoms with Gasteiger partial charge >= 0.3 is 0 Å². The molecule has 0 amide bonds. The van der Waals surface area contributed by atoms with Crippen LogP contribution in [0, 0.1) is 13.8 Å². The van der Waals surface area contributed by atoms with E-state index in [1.54, 1.807) is 0 Å². The summed E-state index contributed by atoms with van der Waals surface area (Å²) in [5.74, 6) is 0. The molecule has 0 aliphatic carbocycles. The van der Waals surface area contributed by atoms with Crippen molar-refractivity contribution >= 4 is 11.4 Å². The average Bonchev–Trinajstić information content (AvgIpc) is 3.04. The molecular formula is C37H43N5O. The number of aromatic nitrogens is 2. The van der Waals surface area contributed by atoms with E-state index in [0.29, 0.717) is 0 Å². The highest BCUT2D eigenvalue weighted by atomic mass is 16.6. The number of nitrogens with zero attached hydrogens (tertiary/aromatic N) is 5. The normalized spacial score (nSPS) is 16.0. The quantitative estimate of drug-likeness (QED) is 0.154. The van der Waals surface area contributed by atoms with E-state index in [9.17, 15) is 0 Å². The van der Waals surface area contributed by atoms with Crippen LogP contribution in [0.25, 0.3) is 22.4 Å². The zero-order valence-corrected chi connectivity index (χ0v) is 26.0. The molecule has 0 bridgehead atoms. The maximum absolute atomic E-state index is 5.99. The van der Waals surface area contributed by atoms with Crippen LogP contribution in [0.5, 0.6) is 0 Å². The van der Waals surface area contributed by atoms with Crippen molar-refractivity contribution in [1.82, 2.24) is 14.9 Å². The summed E-state index contributed by atoms with van der Waals surface area (Å²) in [5, 5.41) is 4.54. The third-order valence-corrected chi connectivity index (χ3v) is 8.74. The summed E-state index contributed by atoms with van der Waals surface area (Å²) < 4.78 is 0. The Morgan fingerprint density at radius 2 is 1.65 bits per heavy atom. The number of anilines is 1. The van der Waals surface area contributed by atoms with Crippen LogP contribution in [-0.4, -0.2) is 52.9 Å². The molecule has 0 fully saturated rings. The Bertz CT molecular complexity index is 1580. The minimum Gasteiger partial charge on any atom is -0.391 e. The van der Waals surface area contributed by atoms with E-state index in [4.69, 9.17) is 14.8 Å². The van der Waals surface area contributed by atoms with E-state index in [1.807, 2.05) is 0 Å². The van der Waals surface area contributed by atoms with Gasteiger partial charge < -0.3 is 9.74 Å². The van der Waals surface area contributed by atoms with Crippen LogP contribution in [-0.2, 0) is 24.2 Å². The van der Waals surface area contributed by atoms with Crippen LogP contribution in [0.4, 0.5) is 5.69 Å². The number of pyridine rings is 2. The van der Waals surface area contributed by atoms with Gasteiger partial charge in [-0.3, -0.25) is 14.9 Å². The third-order valence-electron chi connectivity index (χ3n) is 8.74. The molecule has 6 nitrogen and oxygen atoms in total. The molecular weight excluding hydrogens is 530 g/mol. The predicted octanol–water partition coefficient (Wildman–Crippen LogP) is 7.41. The average molecular weight is 574 g/mol. The second kappa shape index (κ2) is 13.1. The predicted molar refractivity (Wildman–Crippen MR) is 177 cm³/mol. The van der Waals surface area contributed by atoms with E-state index in [0.717, 1.165) is 75.5 Å². The van der Waals surface area contributed by atoms with Gasteiger partial charge in [-0.25, -0.2) is 0 Å². The zero-order chi connectivity index (χ0) is 29.8. The van der Waals surface area contributed by atoms with Crippen molar-refractivity contribution in [3.63, 3.8) is 0 Å². The fourth-order valence-electron chi connectivity index (χ4n) is 6.21. The summed E-state index contributed by atoms with van der Waals surface area (Å²) in [4.78, 5) is 21.0. The van der Waals surface area contributed by atoms with Gasteiger partial charge in [-0.15, -0.1) is 0 Å². The van der Waals surface area contributed by atoms with Gasteiger partial charge in [0.15, 0.2) is 0 Å². The number of benzene rings is 2. The second-order valence-corrected chi connectivity index (χ2v) is 12.1. The summed E-state index contributed by atoms with van der Waals surface area (Å²) in [6, 6.07) is 25.9. The van der Waals surface area contributed by atoms with Crippen molar-refractivity contribution in [2.75, 3.05) is 31.1 Å². The molecule has 2 aromatic heterocycles. The number of aryl methyl sites for hydroxylation is 3. The highest BCUT2D eigenvalue weighted by molar-refractivity contribution is 5.82. The Hall–Kier alpha value is -4.03. The molecule has 0 N–H and O–H groups in total. The lowest BCUT2D eigenvalue weighted by Gasteiger charge is -2.32. The minimum atomic E-state index is 0.00525. The SMILES string of the molecule is C/C(CCN1CCc2nc(-c3ccccc3)c(-c3ccccc3)cc2C1)=N\O[C@@H](C)CN1CCCc2nc(C)c(C)cc21. The van der Waals surface area contributed by atoms with Crippen LogP contribution in [0.15, 0.2) is 78.0 Å². The molecule has 0 saturated heterocycles. The Kier molecular flexibility index (Phi) is 8.85. The summed E-state index contributed by atoms with van der Waals surface area (Å²) in [6.45, 7) is 13.2. The van der Waals surface area contributed by atoms with E-state index < -0.39 is 0 Å². The first-order valence-electron chi connectivity index (χ1n) is 15.7. The molecule has 0 unspecified atom stereocenters. The van der Waals surface area contributed by atoms with E-state index in [2.05, 4.69) is 115 Å². The highest BCUT2D eigenvalue weighted by Crippen LogP contribution is 2.34. The van der Waals surface area contributed by atoms with Gasteiger partial charge in [0.2, 0.25) is 0 Å². The molecule has 6 heteroatoms. The van der Waals surface area contributed by atoms with E-state index in [1.165, 1.54) is 44.9 Å². The smallest absolute Gasteiger partial charge is 0.142 e. The first kappa shape index (κ1) is 29.1. The number of hydrogen-bond donors (Lipinski definition) is 0. The molecule has 6 rings (SSSR count). The molecule has 4 heterocycles. The number of oxime groups is 1. The molecule has 0 spiro atoms. The Labute approximate surface area is 256 Å². The van der Waals surface area contributed by atoms with Crippen molar-refractivity contribution in [2.24, 2.45) is 5.16 Å². The molecule has 2 aliphatic rings. The molecule has 43 heavy (non-hydrogen) atoms. The molecule has 222 valence electrons. The summed E-state index contributed by atoms with van der Waals surface area (Å²) in [5.41, 5.74) is 13.1. The standard InChI is InChI=1S/C37H43N5O/c1-26-22-36-35(38-29(26)4)16-11-19-42(36)24-28(3)43-40-27(2)17-20-41-21-18-34-32(25-41)23-33(30-12-7-5-8-13-30)37(39-34)31-14-9-6-10-15-31/h5-10,12-15,22-23,28H,11,16-21,24-25H2,1-4H3/b40-27+/t28-/m0/s1. The summed E-state index contributed by atoms with van der Waals surface area (Å²) >= 11 is 0. The number of fused-ring (bicyclic) bond motifs is 2. The van der Waals surface area contributed by atoms with Gasteiger partial charge in [-0.1, -0.05) is 65.8 Å². The summed E-state index contributed by atoms with van der Waals surface area (Å²) in [7, 11) is 0. The Morgan fingerprint density at radius 1 is 0.907 bits per heavy atom.